The third kappa shape index (κ3) is 1.75. The summed E-state index contributed by atoms with van der Waals surface area (Å²) in [5.74, 6) is 1.29. The summed E-state index contributed by atoms with van der Waals surface area (Å²) in [5.41, 5.74) is 3.26. The number of aliphatic hydroxyl groups is 2. The third-order valence-electron chi connectivity index (χ3n) is 2.45. The molecule has 0 spiro atoms. The Labute approximate surface area is 91.3 Å². The SMILES string of the molecule is OCC1=CSCC1c1cscc1CO. The van der Waals surface area contributed by atoms with Gasteiger partial charge in [-0.15, -0.1) is 11.8 Å². The molecule has 2 rings (SSSR count). The molecule has 0 saturated carbocycles. The van der Waals surface area contributed by atoms with Crippen LogP contribution in [-0.4, -0.2) is 22.6 Å². The second kappa shape index (κ2) is 4.49. The van der Waals surface area contributed by atoms with Crippen molar-refractivity contribution in [3.63, 3.8) is 0 Å². The second-order valence-electron chi connectivity index (χ2n) is 3.25. The van der Waals surface area contributed by atoms with Crippen molar-refractivity contribution in [2.75, 3.05) is 12.4 Å². The van der Waals surface area contributed by atoms with E-state index >= 15 is 0 Å². The topological polar surface area (TPSA) is 40.5 Å². The van der Waals surface area contributed by atoms with Crippen LogP contribution in [0.25, 0.3) is 0 Å². The Morgan fingerprint density at radius 3 is 2.86 bits per heavy atom. The van der Waals surface area contributed by atoms with E-state index in [0.717, 1.165) is 16.9 Å². The highest BCUT2D eigenvalue weighted by atomic mass is 32.2. The highest BCUT2D eigenvalue weighted by Crippen LogP contribution is 2.38. The minimum atomic E-state index is 0.0959. The molecule has 14 heavy (non-hydrogen) atoms. The first-order valence-corrected chi connectivity index (χ1v) is 6.43. The highest BCUT2D eigenvalue weighted by molar-refractivity contribution is 8.02. The van der Waals surface area contributed by atoms with Crippen molar-refractivity contribution >= 4 is 23.1 Å². The monoisotopic (exact) mass is 228 g/mol. The van der Waals surface area contributed by atoms with E-state index in [1.165, 1.54) is 5.56 Å². The molecule has 0 saturated heterocycles. The summed E-state index contributed by atoms with van der Waals surface area (Å²) < 4.78 is 0. The van der Waals surface area contributed by atoms with Gasteiger partial charge in [0.2, 0.25) is 0 Å². The lowest BCUT2D eigenvalue weighted by molar-refractivity contribution is 0.280. The average Bonchev–Trinajstić information content (AvgIpc) is 2.85. The van der Waals surface area contributed by atoms with E-state index in [0.29, 0.717) is 5.92 Å². The zero-order valence-corrected chi connectivity index (χ0v) is 9.27. The van der Waals surface area contributed by atoms with E-state index < -0.39 is 0 Å². The third-order valence-corrected chi connectivity index (χ3v) is 4.26. The Hall–Kier alpha value is -0.290. The molecule has 1 aromatic rings. The Bertz CT molecular complexity index is 344. The quantitative estimate of drug-likeness (QED) is 0.830. The number of aliphatic hydroxyl groups excluding tert-OH is 2. The molecule has 2 nitrogen and oxygen atoms in total. The first-order valence-electron chi connectivity index (χ1n) is 4.44. The summed E-state index contributed by atoms with van der Waals surface area (Å²) in [6, 6.07) is 0. The van der Waals surface area contributed by atoms with Crippen molar-refractivity contribution in [2.45, 2.75) is 12.5 Å². The van der Waals surface area contributed by atoms with E-state index in [9.17, 15) is 0 Å². The molecular weight excluding hydrogens is 216 g/mol. The van der Waals surface area contributed by atoms with Gasteiger partial charge in [-0.25, -0.2) is 0 Å². The maximum Gasteiger partial charge on any atom is 0.0692 e. The number of rotatable bonds is 3. The van der Waals surface area contributed by atoms with Crippen LogP contribution in [0.4, 0.5) is 0 Å². The van der Waals surface area contributed by atoms with Crippen molar-refractivity contribution in [2.24, 2.45) is 0 Å². The second-order valence-corrected chi connectivity index (χ2v) is 4.89. The van der Waals surface area contributed by atoms with Crippen LogP contribution in [-0.2, 0) is 6.61 Å². The highest BCUT2D eigenvalue weighted by Gasteiger charge is 2.23. The molecule has 0 radical (unpaired) electrons. The lowest BCUT2D eigenvalue weighted by atomic mass is 9.94. The molecule has 0 fully saturated rings. The Morgan fingerprint density at radius 2 is 2.14 bits per heavy atom. The van der Waals surface area contributed by atoms with Gasteiger partial charge in [0.15, 0.2) is 0 Å². The van der Waals surface area contributed by atoms with Crippen LogP contribution < -0.4 is 0 Å². The van der Waals surface area contributed by atoms with Crippen LogP contribution in [0.15, 0.2) is 21.7 Å². The number of hydrogen-bond donors (Lipinski definition) is 2. The molecule has 0 amide bonds. The molecule has 0 aliphatic carbocycles. The zero-order valence-electron chi connectivity index (χ0n) is 7.64. The summed E-state index contributed by atoms with van der Waals surface area (Å²) in [5, 5.41) is 24.4. The predicted molar refractivity (Wildman–Crippen MR) is 60.6 cm³/mol. The standard InChI is InChI=1S/C10H12O2S2/c11-1-7-3-13-5-9(7)10-6-14-4-8(10)2-12/h3-5,10-12H,1-2,6H2. The van der Waals surface area contributed by atoms with Crippen LogP contribution in [0.5, 0.6) is 0 Å². The lowest BCUT2D eigenvalue weighted by Crippen LogP contribution is -2.05. The first-order chi connectivity index (χ1) is 6.86. The first kappa shape index (κ1) is 10.2. The smallest absolute Gasteiger partial charge is 0.0692 e. The molecule has 1 aliphatic rings. The number of hydrogen-bond acceptors (Lipinski definition) is 4. The fraction of sp³-hybridized carbons (Fsp3) is 0.400. The molecule has 1 aliphatic heterocycles. The average molecular weight is 228 g/mol. The van der Waals surface area contributed by atoms with E-state index in [1.807, 2.05) is 10.8 Å². The van der Waals surface area contributed by atoms with Crippen molar-refractivity contribution in [1.29, 1.82) is 0 Å². The molecule has 0 aromatic carbocycles. The maximum atomic E-state index is 9.16. The van der Waals surface area contributed by atoms with Gasteiger partial charge in [-0.2, -0.15) is 11.3 Å². The molecule has 1 unspecified atom stereocenters. The number of thiophene rings is 1. The van der Waals surface area contributed by atoms with Gasteiger partial charge in [-0.05, 0) is 32.9 Å². The van der Waals surface area contributed by atoms with Gasteiger partial charge in [0.1, 0.15) is 0 Å². The molecule has 76 valence electrons. The van der Waals surface area contributed by atoms with Crippen molar-refractivity contribution < 1.29 is 10.2 Å². The van der Waals surface area contributed by atoms with Crippen molar-refractivity contribution in [3.05, 3.63) is 32.9 Å². The Morgan fingerprint density at radius 1 is 1.29 bits per heavy atom. The van der Waals surface area contributed by atoms with Gasteiger partial charge in [0, 0.05) is 11.7 Å². The van der Waals surface area contributed by atoms with Crippen LogP contribution in [0, 0.1) is 0 Å². The minimum Gasteiger partial charge on any atom is -0.392 e. The summed E-state index contributed by atoms with van der Waals surface area (Å²) in [4.78, 5) is 0. The van der Waals surface area contributed by atoms with Crippen LogP contribution in [0.1, 0.15) is 17.0 Å². The normalized spacial score (nSPS) is 21.3. The van der Waals surface area contributed by atoms with Gasteiger partial charge >= 0.3 is 0 Å². The van der Waals surface area contributed by atoms with Crippen LogP contribution in [0.3, 0.4) is 0 Å². The minimum absolute atomic E-state index is 0.0959. The molecule has 2 N–H and O–H groups in total. The van der Waals surface area contributed by atoms with E-state index in [1.54, 1.807) is 23.1 Å². The summed E-state index contributed by atoms with van der Waals surface area (Å²) in [6.07, 6.45) is 0. The van der Waals surface area contributed by atoms with Gasteiger partial charge in [0.05, 0.1) is 13.2 Å². The molecular formula is C10H12O2S2. The van der Waals surface area contributed by atoms with Crippen LogP contribution >= 0.6 is 23.1 Å². The lowest BCUT2D eigenvalue weighted by Gasteiger charge is -2.12. The van der Waals surface area contributed by atoms with Crippen LogP contribution in [0.2, 0.25) is 0 Å². The van der Waals surface area contributed by atoms with E-state index in [-0.39, 0.29) is 13.2 Å². The van der Waals surface area contributed by atoms with Crippen molar-refractivity contribution in [3.8, 4) is 0 Å². The predicted octanol–water partition coefficient (Wildman–Crippen LogP) is 1.95. The zero-order chi connectivity index (χ0) is 9.97. The van der Waals surface area contributed by atoms with E-state index in [4.69, 9.17) is 10.2 Å². The summed E-state index contributed by atoms with van der Waals surface area (Å²) in [7, 11) is 0. The summed E-state index contributed by atoms with van der Waals surface area (Å²) >= 11 is 3.35. The maximum absolute atomic E-state index is 9.16. The molecule has 1 aromatic heterocycles. The van der Waals surface area contributed by atoms with Gasteiger partial charge < -0.3 is 10.2 Å². The molecule has 0 bridgehead atoms. The summed E-state index contributed by atoms with van der Waals surface area (Å²) in [6.45, 7) is 0.219. The fourth-order valence-electron chi connectivity index (χ4n) is 1.65. The van der Waals surface area contributed by atoms with Gasteiger partial charge in [-0.1, -0.05) is 0 Å². The van der Waals surface area contributed by atoms with Gasteiger partial charge in [-0.3, -0.25) is 0 Å². The largest absolute Gasteiger partial charge is 0.392 e. The van der Waals surface area contributed by atoms with Gasteiger partial charge in [0.25, 0.3) is 0 Å². The van der Waals surface area contributed by atoms with Crippen molar-refractivity contribution in [1.82, 2.24) is 0 Å². The Balaban J connectivity index is 2.27. The Kier molecular flexibility index (Phi) is 3.28. The molecule has 2 heterocycles. The molecule has 4 heteroatoms. The fourth-order valence-corrected chi connectivity index (χ4v) is 3.69. The molecule has 1 atom stereocenters. The number of thioether (sulfide) groups is 1. The van der Waals surface area contributed by atoms with E-state index in [2.05, 4.69) is 5.38 Å².